The van der Waals surface area contributed by atoms with Gasteiger partial charge in [-0.05, 0) is 42.3 Å². The molecule has 0 spiro atoms. The van der Waals surface area contributed by atoms with Gasteiger partial charge in [-0.15, -0.1) is 10.2 Å². The SMILES string of the molecule is Cc1ccccc1CSc1ccc(-c2ccncc2)nn1. The molecule has 0 bridgehead atoms. The molecule has 2 heterocycles. The van der Waals surface area contributed by atoms with E-state index in [0.717, 1.165) is 22.0 Å². The molecule has 0 amide bonds. The van der Waals surface area contributed by atoms with Gasteiger partial charge in [-0.1, -0.05) is 36.0 Å². The molecule has 0 fully saturated rings. The second-order valence-corrected chi connectivity index (χ2v) is 5.70. The smallest absolute Gasteiger partial charge is 0.119 e. The summed E-state index contributed by atoms with van der Waals surface area (Å²) in [6.07, 6.45) is 3.52. The Morgan fingerprint density at radius 1 is 0.905 bits per heavy atom. The number of rotatable bonds is 4. The van der Waals surface area contributed by atoms with Crippen molar-refractivity contribution >= 4 is 11.8 Å². The van der Waals surface area contributed by atoms with Crippen molar-refractivity contribution in [1.29, 1.82) is 0 Å². The molecule has 2 aromatic heterocycles. The number of hydrogen-bond donors (Lipinski definition) is 0. The summed E-state index contributed by atoms with van der Waals surface area (Å²) in [4.78, 5) is 4.01. The van der Waals surface area contributed by atoms with Gasteiger partial charge in [-0.2, -0.15) is 0 Å². The first kappa shape index (κ1) is 13.8. The van der Waals surface area contributed by atoms with Crippen molar-refractivity contribution in [1.82, 2.24) is 15.2 Å². The summed E-state index contributed by atoms with van der Waals surface area (Å²) in [5.74, 6) is 0.913. The van der Waals surface area contributed by atoms with Crippen LogP contribution in [-0.4, -0.2) is 15.2 Å². The average molecular weight is 293 g/mol. The van der Waals surface area contributed by atoms with Crippen molar-refractivity contribution in [2.24, 2.45) is 0 Å². The minimum atomic E-state index is 0.873. The molecule has 104 valence electrons. The van der Waals surface area contributed by atoms with Gasteiger partial charge in [0.05, 0.1) is 5.69 Å². The molecule has 0 N–H and O–H groups in total. The standard InChI is InChI=1S/C17H15N3S/c1-13-4-2-3-5-15(13)12-21-17-7-6-16(19-20-17)14-8-10-18-11-9-14/h2-11H,12H2,1H3. The van der Waals surface area contributed by atoms with Gasteiger partial charge in [-0.3, -0.25) is 4.98 Å². The van der Waals surface area contributed by atoms with E-state index in [0.29, 0.717) is 0 Å². The largest absolute Gasteiger partial charge is 0.265 e. The number of aromatic nitrogens is 3. The van der Waals surface area contributed by atoms with Crippen LogP contribution in [0.5, 0.6) is 0 Å². The quantitative estimate of drug-likeness (QED) is 0.678. The predicted octanol–water partition coefficient (Wildman–Crippen LogP) is 4.14. The Kier molecular flexibility index (Phi) is 4.26. The van der Waals surface area contributed by atoms with Crippen LogP contribution in [-0.2, 0) is 5.75 Å². The van der Waals surface area contributed by atoms with Crippen molar-refractivity contribution in [3.8, 4) is 11.3 Å². The Balaban J connectivity index is 1.69. The van der Waals surface area contributed by atoms with E-state index in [1.807, 2.05) is 24.3 Å². The molecular weight excluding hydrogens is 278 g/mol. The summed E-state index contributed by atoms with van der Waals surface area (Å²) < 4.78 is 0. The van der Waals surface area contributed by atoms with Gasteiger partial charge >= 0.3 is 0 Å². The Labute approximate surface area is 128 Å². The third-order valence-corrected chi connectivity index (χ3v) is 4.22. The summed E-state index contributed by atoms with van der Waals surface area (Å²) >= 11 is 1.71. The molecule has 0 aliphatic rings. The molecule has 0 aliphatic heterocycles. The second kappa shape index (κ2) is 6.50. The molecule has 0 saturated carbocycles. The van der Waals surface area contributed by atoms with Crippen LogP contribution < -0.4 is 0 Å². The molecule has 0 aliphatic carbocycles. The maximum atomic E-state index is 4.29. The number of thioether (sulfide) groups is 1. The van der Waals surface area contributed by atoms with Crippen LogP contribution in [0.15, 0.2) is 66.0 Å². The fourth-order valence-corrected chi connectivity index (χ4v) is 2.89. The van der Waals surface area contributed by atoms with Gasteiger partial charge in [-0.25, -0.2) is 0 Å². The Hall–Kier alpha value is -2.20. The van der Waals surface area contributed by atoms with Crippen LogP contribution >= 0.6 is 11.8 Å². The maximum Gasteiger partial charge on any atom is 0.119 e. The zero-order valence-electron chi connectivity index (χ0n) is 11.7. The van der Waals surface area contributed by atoms with E-state index >= 15 is 0 Å². The minimum Gasteiger partial charge on any atom is -0.265 e. The van der Waals surface area contributed by atoms with Gasteiger partial charge in [0, 0.05) is 23.7 Å². The summed E-state index contributed by atoms with van der Waals surface area (Å²) in [6.45, 7) is 2.13. The maximum absolute atomic E-state index is 4.29. The molecule has 3 aromatic rings. The zero-order chi connectivity index (χ0) is 14.5. The Morgan fingerprint density at radius 3 is 2.43 bits per heavy atom. The van der Waals surface area contributed by atoms with Crippen LogP contribution in [0.2, 0.25) is 0 Å². The van der Waals surface area contributed by atoms with Crippen molar-refractivity contribution in [2.45, 2.75) is 17.7 Å². The first-order chi connectivity index (χ1) is 10.3. The lowest BCUT2D eigenvalue weighted by Gasteiger charge is -2.05. The molecule has 0 unspecified atom stereocenters. The molecule has 0 radical (unpaired) electrons. The van der Waals surface area contributed by atoms with Crippen LogP contribution in [0.1, 0.15) is 11.1 Å². The first-order valence-electron chi connectivity index (χ1n) is 6.74. The van der Waals surface area contributed by atoms with E-state index in [2.05, 4.69) is 46.4 Å². The van der Waals surface area contributed by atoms with Crippen molar-refractivity contribution in [3.63, 3.8) is 0 Å². The van der Waals surface area contributed by atoms with Gasteiger partial charge in [0.15, 0.2) is 0 Å². The highest BCUT2D eigenvalue weighted by atomic mass is 32.2. The minimum absolute atomic E-state index is 0.873. The normalized spacial score (nSPS) is 10.5. The molecule has 21 heavy (non-hydrogen) atoms. The van der Waals surface area contributed by atoms with Gasteiger partial charge in [0.2, 0.25) is 0 Å². The van der Waals surface area contributed by atoms with Gasteiger partial charge in [0.25, 0.3) is 0 Å². The fraction of sp³-hybridized carbons (Fsp3) is 0.118. The van der Waals surface area contributed by atoms with E-state index in [1.54, 1.807) is 24.2 Å². The third-order valence-electron chi connectivity index (χ3n) is 3.25. The first-order valence-corrected chi connectivity index (χ1v) is 7.73. The molecule has 3 nitrogen and oxygen atoms in total. The lowest BCUT2D eigenvalue weighted by Crippen LogP contribution is -1.91. The highest BCUT2D eigenvalue weighted by Crippen LogP contribution is 2.23. The van der Waals surface area contributed by atoms with E-state index < -0.39 is 0 Å². The van der Waals surface area contributed by atoms with E-state index in [1.165, 1.54) is 11.1 Å². The predicted molar refractivity (Wildman–Crippen MR) is 86.0 cm³/mol. The highest BCUT2D eigenvalue weighted by Gasteiger charge is 2.03. The molecule has 0 atom stereocenters. The van der Waals surface area contributed by atoms with E-state index in [-0.39, 0.29) is 0 Å². The lowest BCUT2D eigenvalue weighted by atomic mass is 10.1. The van der Waals surface area contributed by atoms with Crippen molar-refractivity contribution in [3.05, 3.63) is 72.1 Å². The monoisotopic (exact) mass is 293 g/mol. The van der Waals surface area contributed by atoms with Crippen LogP contribution in [0, 0.1) is 6.92 Å². The van der Waals surface area contributed by atoms with Gasteiger partial charge < -0.3 is 0 Å². The number of nitrogens with zero attached hydrogens (tertiary/aromatic N) is 3. The number of aryl methyl sites for hydroxylation is 1. The average Bonchev–Trinajstić information content (AvgIpc) is 2.55. The Morgan fingerprint density at radius 2 is 1.71 bits per heavy atom. The second-order valence-electron chi connectivity index (χ2n) is 4.71. The summed E-state index contributed by atoms with van der Waals surface area (Å²) in [7, 11) is 0. The summed E-state index contributed by atoms with van der Waals surface area (Å²) in [6, 6.07) is 16.3. The van der Waals surface area contributed by atoms with E-state index in [9.17, 15) is 0 Å². The molecule has 4 heteroatoms. The molecule has 0 saturated heterocycles. The van der Waals surface area contributed by atoms with Crippen molar-refractivity contribution in [2.75, 3.05) is 0 Å². The third kappa shape index (κ3) is 3.47. The van der Waals surface area contributed by atoms with Crippen molar-refractivity contribution < 1.29 is 0 Å². The Bertz CT molecular complexity index is 712. The number of pyridine rings is 1. The molecule has 3 rings (SSSR count). The topological polar surface area (TPSA) is 38.7 Å². The highest BCUT2D eigenvalue weighted by molar-refractivity contribution is 7.98. The van der Waals surface area contributed by atoms with E-state index in [4.69, 9.17) is 0 Å². The van der Waals surface area contributed by atoms with Gasteiger partial charge in [0.1, 0.15) is 5.03 Å². The number of benzene rings is 1. The summed E-state index contributed by atoms with van der Waals surface area (Å²) in [5, 5.41) is 9.52. The summed E-state index contributed by atoms with van der Waals surface area (Å²) in [5.41, 5.74) is 4.56. The zero-order valence-corrected chi connectivity index (χ0v) is 12.5. The van der Waals surface area contributed by atoms with Crippen LogP contribution in [0.4, 0.5) is 0 Å². The fourth-order valence-electron chi connectivity index (χ4n) is 2.00. The lowest BCUT2D eigenvalue weighted by molar-refractivity contribution is 0.935. The van der Waals surface area contributed by atoms with Crippen LogP contribution in [0.3, 0.4) is 0 Å². The molecule has 1 aromatic carbocycles. The molecular formula is C17H15N3S. The van der Waals surface area contributed by atoms with Crippen LogP contribution in [0.25, 0.3) is 11.3 Å². The number of hydrogen-bond acceptors (Lipinski definition) is 4.